The van der Waals surface area contributed by atoms with E-state index in [1.807, 2.05) is 13.8 Å². The highest BCUT2D eigenvalue weighted by Gasteiger charge is 2.36. The largest absolute Gasteiger partial charge is 0.467 e. The highest BCUT2D eigenvalue weighted by atomic mass is 32.1. The Kier molecular flexibility index (Phi) is 5.17. The lowest BCUT2D eigenvalue weighted by Gasteiger charge is -2.13. The molecule has 10 heteroatoms. The molecule has 172 valence electrons. The van der Waals surface area contributed by atoms with Gasteiger partial charge in [0.2, 0.25) is 0 Å². The number of nitrogens with zero attached hydrogens (tertiary/aromatic N) is 2. The van der Waals surface area contributed by atoms with Gasteiger partial charge in [-0.1, -0.05) is 0 Å². The highest BCUT2D eigenvalue weighted by molar-refractivity contribution is 7.18. The van der Waals surface area contributed by atoms with Crippen molar-refractivity contribution in [1.82, 2.24) is 14.9 Å². The molecule has 1 aromatic carbocycles. The maximum absolute atomic E-state index is 12.8. The number of hydrogen-bond acceptors (Lipinski definition) is 8. The minimum atomic E-state index is -0.839. The number of thiophene rings is 1. The Bertz CT molecular complexity index is 1530. The van der Waals surface area contributed by atoms with Crippen molar-refractivity contribution in [2.45, 2.75) is 33.4 Å². The van der Waals surface area contributed by atoms with Gasteiger partial charge in [-0.3, -0.25) is 19.3 Å². The van der Waals surface area contributed by atoms with E-state index in [0.717, 1.165) is 15.3 Å². The molecule has 1 N–H and O–H groups in total. The van der Waals surface area contributed by atoms with Crippen molar-refractivity contribution in [3.63, 3.8) is 0 Å². The molecule has 0 saturated carbocycles. The van der Waals surface area contributed by atoms with E-state index in [1.54, 1.807) is 19.1 Å². The Balaban J connectivity index is 1.37. The summed E-state index contributed by atoms with van der Waals surface area (Å²) in [5.74, 6) is -0.983. The molecule has 0 fully saturated rings. The van der Waals surface area contributed by atoms with Gasteiger partial charge >= 0.3 is 5.97 Å². The van der Waals surface area contributed by atoms with Gasteiger partial charge in [-0.05, 0) is 56.7 Å². The van der Waals surface area contributed by atoms with Gasteiger partial charge in [0.15, 0.2) is 11.9 Å². The second-order valence-corrected chi connectivity index (χ2v) is 9.20. The number of rotatable bonds is 5. The summed E-state index contributed by atoms with van der Waals surface area (Å²) in [6, 6.07) is 7.55. The van der Waals surface area contributed by atoms with Crippen molar-refractivity contribution >= 4 is 39.3 Å². The summed E-state index contributed by atoms with van der Waals surface area (Å²) in [5.41, 5.74) is 1.03. The number of hydrogen-bond donors (Lipinski definition) is 1. The molecule has 1 unspecified atom stereocenters. The standard InChI is InChI=1S/C24H19N3O6S/c1-11-13(3)34-21-18(11)20(28)25-19(26-21)12(2)33-24(31)14-6-7-16-17(9-14)23(30)27(22(16)29)10-15-5-4-8-32-15/h4-9,12H,10H2,1-3H3,(H,25,26,28). The van der Waals surface area contributed by atoms with Crippen LogP contribution in [-0.2, 0) is 11.3 Å². The van der Waals surface area contributed by atoms with Gasteiger partial charge < -0.3 is 14.1 Å². The number of carbonyl (C=O) groups excluding carboxylic acids is 3. The number of aryl methyl sites for hydroxylation is 2. The van der Waals surface area contributed by atoms with Crippen LogP contribution in [0.15, 0.2) is 45.8 Å². The van der Waals surface area contributed by atoms with E-state index < -0.39 is 23.9 Å². The quantitative estimate of drug-likeness (QED) is 0.341. The zero-order valence-electron chi connectivity index (χ0n) is 18.5. The van der Waals surface area contributed by atoms with Crippen molar-refractivity contribution in [2.24, 2.45) is 0 Å². The Hall–Kier alpha value is -4.05. The van der Waals surface area contributed by atoms with E-state index >= 15 is 0 Å². The van der Waals surface area contributed by atoms with Crippen molar-refractivity contribution in [2.75, 3.05) is 0 Å². The fourth-order valence-electron chi connectivity index (χ4n) is 3.87. The molecule has 0 spiro atoms. The van der Waals surface area contributed by atoms with Crippen molar-refractivity contribution in [1.29, 1.82) is 0 Å². The van der Waals surface area contributed by atoms with Gasteiger partial charge in [-0.25, -0.2) is 9.78 Å². The van der Waals surface area contributed by atoms with Crippen molar-refractivity contribution < 1.29 is 23.5 Å². The molecule has 0 bridgehead atoms. The van der Waals surface area contributed by atoms with E-state index in [4.69, 9.17) is 9.15 Å². The van der Waals surface area contributed by atoms with Crippen LogP contribution in [0.2, 0.25) is 0 Å². The van der Waals surface area contributed by atoms with Gasteiger partial charge in [0.1, 0.15) is 10.6 Å². The topological polar surface area (TPSA) is 123 Å². The lowest BCUT2D eigenvalue weighted by molar-refractivity contribution is 0.0320. The molecular formula is C24H19N3O6S. The molecule has 9 nitrogen and oxygen atoms in total. The van der Waals surface area contributed by atoms with Crippen LogP contribution in [0, 0.1) is 13.8 Å². The highest BCUT2D eigenvalue weighted by Crippen LogP contribution is 2.28. The summed E-state index contributed by atoms with van der Waals surface area (Å²) >= 11 is 1.40. The van der Waals surface area contributed by atoms with Crippen molar-refractivity contribution in [3.05, 3.63) is 85.7 Å². The monoisotopic (exact) mass is 477 g/mol. The van der Waals surface area contributed by atoms with E-state index in [-0.39, 0.29) is 34.6 Å². The lowest BCUT2D eigenvalue weighted by atomic mass is 10.1. The number of fused-ring (bicyclic) bond motifs is 2. The van der Waals surface area contributed by atoms with Crippen LogP contribution >= 0.6 is 11.3 Å². The molecular weight excluding hydrogens is 458 g/mol. The Morgan fingerprint density at radius 1 is 1.18 bits per heavy atom. The number of H-pyrrole nitrogens is 1. The van der Waals surface area contributed by atoms with E-state index in [2.05, 4.69) is 9.97 Å². The third kappa shape index (κ3) is 3.52. The minimum Gasteiger partial charge on any atom is -0.467 e. The lowest BCUT2D eigenvalue weighted by Crippen LogP contribution is -2.28. The normalized spacial score (nSPS) is 14.0. The van der Waals surface area contributed by atoms with Gasteiger partial charge in [0.05, 0.1) is 34.9 Å². The van der Waals surface area contributed by atoms with Gasteiger partial charge in [-0.15, -0.1) is 11.3 Å². The zero-order chi connectivity index (χ0) is 24.1. The molecule has 34 heavy (non-hydrogen) atoms. The SMILES string of the molecule is Cc1sc2nc(C(C)OC(=O)c3ccc4c(c3)C(=O)N(Cc3ccco3)C4=O)[nH]c(=O)c2c1C. The first kappa shape index (κ1) is 21.8. The Morgan fingerprint density at radius 2 is 1.94 bits per heavy atom. The molecule has 1 aliphatic heterocycles. The van der Waals surface area contributed by atoms with Crippen molar-refractivity contribution in [3.8, 4) is 0 Å². The van der Waals surface area contributed by atoms with Gasteiger partial charge in [-0.2, -0.15) is 0 Å². The number of furan rings is 1. The third-order valence-corrected chi connectivity index (χ3v) is 6.93. The first-order valence-electron chi connectivity index (χ1n) is 10.5. The van der Waals surface area contributed by atoms with Crippen LogP contribution in [0.5, 0.6) is 0 Å². The van der Waals surface area contributed by atoms with E-state index in [0.29, 0.717) is 16.0 Å². The Morgan fingerprint density at radius 3 is 2.68 bits per heavy atom. The number of ether oxygens (including phenoxy) is 1. The number of carbonyl (C=O) groups is 3. The first-order chi connectivity index (χ1) is 16.2. The molecule has 3 aromatic heterocycles. The number of amides is 2. The number of imide groups is 1. The van der Waals surface area contributed by atoms with E-state index in [1.165, 1.54) is 35.8 Å². The van der Waals surface area contributed by atoms with Crippen LogP contribution in [0.1, 0.15) is 66.1 Å². The Labute approximate surface area is 197 Å². The first-order valence-corrected chi connectivity index (χ1v) is 11.3. The second kappa shape index (κ2) is 8.07. The second-order valence-electron chi connectivity index (χ2n) is 8.00. The molecule has 1 aliphatic rings. The maximum atomic E-state index is 12.8. The van der Waals surface area contributed by atoms with Crippen LogP contribution in [-0.4, -0.2) is 32.7 Å². The number of benzene rings is 1. The molecule has 4 aromatic rings. The molecule has 0 radical (unpaired) electrons. The molecule has 1 atom stereocenters. The number of nitrogens with one attached hydrogen (secondary N) is 1. The summed E-state index contributed by atoms with van der Waals surface area (Å²) in [4.78, 5) is 60.6. The van der Waals surface area contributed by atoms with E-state index in [9.17, 15) is 19.2 Å². The fourth-order valence-corrected chi connectivity index (χ4v) is 4.90. The predicted molar refractivity (Wildman–Crippen MR) is 123 cm³/mol. The van der Waals surface area contributed by atoms with Crippen LogP contribution < -0.4 is 5.56 Å². The average Bonchev–Trinajstić information content (AvgIpc) is 3.49. The van der Waals surface area contributed by atoms with Gasteiger partial charge in [0, 0.05) is 4.88 Å². The summed E-state index contributed by atoms with van der Waals surface area (Å²) in [6.07, 6.45) is 0.622. The zero-order valence-corrected chi connectivity index (χ0v) is 19.3. The molecule has 0 aliphatic carbocycles. The number of aromatic amines is 1. The number of esters is 1. The smallest absolute Gasteiger partial charge is 0.338 e. The molecule has 2 amide bonds. The third-order valence-electron chi connectivity index (χ3n) is 5.83. The maximum Gasteiger partial charge on any atom is 0.338 e. The van der Waals surface area contributed by atoms with Crippen LogP contribution in [0.4, 0.5) is 0 Å². The molecule has 5 rings (SSSR count). The summed E-state index contributed by atoms with van der Waals surface area (Å²) < 4.78 is 10.7. The number of aromatic nitrogens is 2. The molecule has 0 saturated heterocycles. The molecule has 4 heterocycles. The van der Waals surface area contributed by atoms with Gasteiger partial charge in [0.25, 0.3) is 17.4 Å². The summed E-state index contributed by atoms with van der Waals surface area (Å²) in [6.45, 7) is 5.38. The van der Waals surface area contributed by atoms with Crippen LogP contribution in [0.25, 0.3) is 10.2 Å². The fraction of sp³-hybridized carbons (Fsp3) is 0.208. The minimum absolute atomic E-state index is 0.000655. The predicted octanol–water partition coefficient (Wildman–Crippen LogP) is 3.91. The summed E-state index contributed by atoms with van der Waals surface area (Å²) in [5, 5.41) is 0.533. The van der Waals surface area contributed by atoms with Crippen LogP contribution in [0.3, 0.4) is 0 Å². The summed E-state index contributed by atoms with van der Waals surface area (Å²) in [7, 11) is 0. The average molecular weight is 477 g/mol.